The van der Waals surface area contributed by atoms with Gasteiger partial charge in [0.05, 0.1) is 0 Å². The van der Waals surface area contributed by atoms with E-state index in [1.54, 1.807) is 0 Å². The first kappa shape index (κ1) is 22.4. The number of carbonyl (C=O) groups is 1. The van der Waals surface area contributed by atoms with E-state index in [9.17, 15) is 4.79 Å². The zero-order chi connectivity index (χ0) is 20.5. The molecule has 1 amide bonds. The SMILES string of the molecule is CN=C(NCCCN(C)C1CCCCC1)NC1CCN(C(=O)C2CCCCC2)C1. The molecule has 0 aromatic carbocycles. The number of carbonyl (C=O) groups excluding carboxylic acids is 1. The van der Waals surface area contributed by atoms with Crippen LogP contribution in [0.4, 0.5) is 0 Å². The maximum Gasteiger partial charge on any atom is 0.225 e. The van der Waals surface area contributed by atoms with E-state index >= 15 is 0 Å². The van der Waals surface area contributed by atoms with E-state index in [4.69, 9.17) is 0 Å². The van der Waals surface area contributed by atoms with E-state index in [1.165, 1.54) is 51.4 Å². The van der Waals surface area contributed by atoms with E-state index in [1.807, 2.05) is 7.05 Å². The lowest BCUT2D eigenvalue weighted by molar-refractivity contribution is -0.135. The lowest BCUT2D eigenvalue weighted by atomic mass is 9.88. The van der Waals surface area contributed by atoms with Crippen LogP contribution in [0.1, 0.15) is 77.0 Å². The molecule has 2 N–H and O–H groups in total. The van der Waals surface area contributed by atoms with Gasteiger partial charge in [0.2, 0.25) is 5.91 Å². The second kappa shape index (κ2) is 11.8. The molecule has 6 nitrogen and oxygen atoms in total. The summed E-state index contributed by atoms with van der Waals surface area (Å²) in [6, 6.07) is 1.10. The van der Waals surface area contributed by atoms with Crippen LogP contribution in [-0.2, 0) is 4.79 Å². The Hall–Kier alpha value is -1.30. The molecule has 0 radical (unpaired) electrons. The normalized spacial score (nSPS) is 24.9. The number of guanidine groups is 1. The minimum atomic E-state index is 0.279. The quantitative estimate of drug-likeness (QED) is 0.388. The number of nitrogens with one attached hydrogen (secondary N) is 2. The minimum Gasteiger partial charge on any atom is -0.356 e. The minimum absolute atomic E-state index is 0.279. The molecule has 1 atom stereocenters. The lowest BCUT2D eigenvalue weighted by Gasteiger charge is -2.31. The number of likely N-dealkylation sites (tertiary alicyclic amines) is 1. The molecular weight excluding hydrogens is 362 g/mol. The van der Waals surface area contributed by atoms with Gasteiger partial charge in [-0.25, -0.2) is 0 Å². The molecule has 0 bridgehead atoms. The molecule has 166 valence electrons. The smallest absolute Gasteiger partial charge is 0.225 e. The second-order valence-electron chi connectivity index (χ2n) is 9.37. The summed E-state index contributed by atoms with van der Waals surface area (Å²) in [7, 11) is 4.11. The van der Waals surface area contributed by atoms with Crippen LogP contribution in [-0.4, -0.2) is 74.0 Å². The highest BCUT2D eigenvalue weighted by atomic mass is 16.2. The first-order valence-electron chi connectivity index (χ1n) is 12.1. The van der Waals surface area contributed by atoms with Crippen molar-refractivity contribution < 1.29 is 4.79 Å². The zero-order valence-electron chi connectivity index (χ0n) is 18.8. The van der Waals surface area contributed by atoms with Crippen LogP contribution in [0.3, 0.4) is 0 Å². The van der Waals surface area contributed by atoms with Crippen LogP contribution in [0.5, 0.6) is 0 Å². The Balaban J connectivity index is 1.32. The van der Waals surface area contributed by atoms with Crippen molar-refractivity contribution in [3.63, 3.8) is 0 Å². The fourth-order valence-corrected chi connectivity index (χ4v) is 5.31. The van der Waals surface area contributed by atoms with Crippen molar-refractivity contribution in [3.8, 4) is 0 Å². The number of aliphatic imine (C=N–C) groups is 1. The molecule has 0 aromatic rings. The Morgan fingerprint density at radius 2 is 1.72 bits per heavy atom. The average Bonchev–Trinajstić information content (AvgIpc) is 3.24. The van der Waals surface area contributed by atoms with E-state index in [-0.39, 0.29) is 5.92 Å². The fraction of sp³-hybridized carbons (Fsp3) is 0.913. The summed E-state index contributed by atoms with van der Waals surface area (Å²) >= 11 is 0. The molecule has 3 rings (SSSR count). The van der Waals surface area contributed by atoms with E-state index in [0.29, 0.717) is 11.9 Å². The summed E-state index contributed by atoms with van der Waals surface area (Å²) in [5.41, 5.74) is 0. The first-order chi connectivity index (χ1) is 14.2. The van der Waals surface area contributed by atoms with Crippen molar-refractivity contribution in [2.75, 3.05) is 40.3 Å². The van der Waals surface area contributed by atoms with Gasteiger partial charge in [-0.05, 0) is 52.1 Å². The van der Waals surface area contributed by atoms with Gasteiger partial charge in [0.25, 0.3) is 0 Å². The zero-order valence-corrected chi connectivity index (χ0v) is 18.8. The second-order valence-corrected chi connectivity index (χ2v) is 9.37. The van der Waals surface area contributed by atoms with Crippen molar-refractivity contribution in [2.45, 2.75) is 89.1 Å². The van der Waals surface area contributed by atoms with Crippen LogP contribution < -0.4 is 10.6 Å². The maximum absolute atomic E-state index is 12.8. The predicted molar refractivity (Wildman–Crippen MR) is 120 cm³/mol. The number of nitrogens with zero attached hydrogens (tertiary/aromatic N) is 3. The van der Waals surface area contributed by atoms with Crippen LogP contribution in [0.15, 0.2) is 4.99 Å². The molecule has 3 fully saturated rings. The Kier molecular flexibility index (Phi) is 9.09. The van der Waals surface area contributed by atoms with E-state index < -0.39 is 0 Å². The molecule has 2 saturated carbocycles. The predicted octanol–water partition coefficient (Wildman–Crippen LogP) is 2.99. The third-order valence-electron chi connectivity index (χ3n) is 7.20. The Bertz CT molecular complexity index is 525. The fourth-order valence-electron chi connectivity index (χ4n) is 5.31. The standard InChI is InChI=1S/C23H43N5O/c1-24-23(25-15-9-16-27(2)21-12-7-4-8-13-21)26-20-14-17-28(18-20)22(29)19-10-5-3-6-11-19/h19-21H,3-18H2,1-2H3,(H2,24,25,26). The number of hydrogen-bond donors (Lipinski definition) is 2. The van der Waals surface area contributed by atoms with Gasteiger partial charge in [-0.2, -0.15) is 0 Å². The summed E-state index contributed by atoms with van der Waals surface area (Å²) in [6.45, 7) is 3.78. The summed E-state index contributed by atoms with van der Waals surface area (Å²) in [5, 5.41) is 7.01. The van der Waals surface area contributed by atoms with Gasteiger partial charge >= 0.3 is 0 Å². The Labute approximate surface area is 177 Å². The van der Waals surface area contributed by atoms with Gasteiger partial charge in [0.1, 0.15) is 0 Å². The Morgan fingerprint density at radius 3 is 2.41 bits per heavy atom. The topological polar surface area (TPSA) is 60.0 Å². The molecular formula is C23H43N5O. The highest BCUT2D eigenvalue weighted by Gasteiger charge is 2.31. The molecule has 3 aliphatic rings. The van der Waals surface area contributed by atoms with Crippen LogP contribution >= 0.6 is 0 Å². The Morgan fingerprint density at radius 1 is 1.03 bits per heavy atom. The summed E-state index contributed by atoms with van der Waals surface area (Å²) < 4.78 is 0. The lowest BCUT2D eigenvalue weighted by Crippen LogP contribution is -2.46. The van der Waals surface area contributed by atoms with Gasteiger partial charge in [-0.15, -0.1) is 0 Å². The number of amides is 1. The van der Waals surface area contributed by atoms with Gasteiger partial charge < -0.3 is 20.4 Å². The van der Waals surface area contributed by atoms with Crippen molar-refractivity contribution in [2.24, 2.45) is 10.9 Å². The van der Waals surface area contributed by atoms with Crippen molar-refractivity contribution in [1.82, 2.24) is 20.4 Å². The molecule has 1 aliphatic heterocycles. The maximum atomic E-state index is 12.8. The van der Waals surface area contributed by atoms with Gasteiger partial charge in [-0.3, -0.25) is 9.79 Å². The number of hydrogen-bond acceptors (Lipinski definition) is 3. The van der Waals surface area contributed by atoms with E-state index in [0.717, 1.165) is 63.9 Å². The van der Waals surface area contributed by atoms with Crippen LogP contribution in [0, 0.1) is 5.92 Å². The van der Waals surface area contributed by atoms with Crippen LogP contribution in [0.2, 0.25) is 0 Å². The van der Waals surface area contributed by atoms with E-state index in [2.05, 4.69) is 32.5 Å². The van der Waals surface area contributed by atoms with Crippen molar-refractivity contribution in [1.29, 1.82) is 0 Å². The van der Waals surface area contributed by atoms with Gasteiger partial charge in [0, 0.05) is 44.7 Å². The molecule has 29 heavy (non-hydrogen) atoms. The summed E-state index contributed by atoms with van der Waals surface area (Å²) in [5.74, 6) is 1.55. The van der Waals surface area contributed by atoms with Crippen molar-refractivity contribution in [3.05, 3.63) is 0 Å². The average molecular weight is 406 g/mol. The number of rotatable bonds is 7. The summed E-state index contributed by atoms with van der Waals surface area (Å²) in [6.07, 6.45) is 15.0. The van der Waals surface area contributed by atoms with Crippen molar-refractivity contribution >= 4 is 11.9 Å². The van der Waals surface area contributed by atoms with Gasteiger partial charge in [0.15, 0.2) is 5.96 Å². The highest BCUT2D eigenvalue weighted by Crippen LogP contribution is 2.26. The highest BCUT2D eigenvalue weighted by molar-refractivity contribution is 5.81. The molecule has 1 unspecified atom stereocenters. The molecule has 0 aromatic heterocycles. The first-order valence-corrected chi connectivity index (χ1v) is 12.1. The summed E-state index contributed by atoms with van der Waals surface area (Å²) in [4.78, 5) is 21.8. The third-order valence-corrected chi connectivity index (χ3v) is 7.20. The van der Waals surface area contributed by atoms with Crippen LogP contribution in [0.25, 0.3) is 0 Å². The monoisotopic (exact) mass is 405 g/mol. The van der Waals surface area contributed by atoms with Gasteiger partial charge in [-0.1, -0.05) is 38.5 Å². The molecule has 6 heteroatoms. The molecule has 2 aliphatic carbocycles. The largest absolute Gasteiger partial charge is 0.356 e. The molecule has 0 spiro atoms. The molecule has 1 heterocycles. The third kappa shape index (κ3) is 6.87. The molecule has 1 saturated heterocycles.